The van der Waals surface area contributed by atoms with Gasteiger partial charge in [0.1, 0.15) is 11.5 Å². The van der Waals surface area contributed by atoms with Gasteiger partial charge in [-0.1, -0.05) is 78.0 Å². The van der Waals surface area contributed by atoms with Gasteiger partial charge in [-0.3, -0.25) is 0 Å². The standard InChI is InChI=1S/C25H15ClOS/c26-16-13-14-22-20(15-16)25(17-7-1-4-10-21(17)27-22)18-8-2-5-11-23(18)28-24-12-6-3-9-19(24)25/h1-15H. The van der Waals surface area contributed by atoms with E-state index in [1.54, 1.807) is 0 Å². The molecule has 2 aliphatic heterocycles. The minimum atomic E-state index is -0.451. The van der Waals surface area contributed by atoms with Crippen LogP contribution in [0.25, 0.3) is 0 Å². The summed E-state index contributed by atoms with van der Waals surface area (Å²) >= 11 is 8.33. The molecule has 1 spiro atoms. The average Bonchev–Trinajstić information content (AvgIpc) is 2.74. The zero-order chi connectivity index (χ0) is 18.7. The highest BCUT2D eigenvalue weighted by atomic mass is 35.5. The van der Waals surface area contributed by atoms with Gasteiger partial charge < -0.3 is 4.74 Å². The van der Waals surface area contributed by atoms with Crippen molar-refractivity contribution in [2.24, 2.45) is 0 Å². The quantitative estimate of drug-likeness (QED) is 0.265. The number of hydrogen-bond acceptors (Lipinski definition) is 2. The van der Waals surface area contributed by atoms with E-state index in [1.807, 2.05) is 30.0 Å². The SMILES string of the molecule is Clc1ccc2c(c1)C1(c3ccccc3O2)c2ccccc2Sc2ccccc21. The number of halogens is 1. The summed E-state index contributed by atoms with van der Waals surface area (Å²) in [7, 11) is 0. The smallest absolute Gasteiger partial charge is 0.132 e. The highest BCUT2D eigenvalue weighted by Gasteiger charge is 2.49. The molecule has 0 radical (unpaired) electrons. The van der Waals surface area contributed by atoms with Crippen LogP contribution in [0, 0.1) is 0 Å². The van der Waals surface area contributed by atoms with Crippen LogP contribution >= 0.6 is 23.4 Å². The first-order chi connectivity index (χ1) is 13.8. The summed E-state index contributed by atoms with van der Waals surface area (Å²) in [4.78, 5) is 2.53. The van der Waals surface area contributed by atoms with Gasteiger partial charge in [-0.2, -0.15) is 0 Å². The van der Waals surface area contributed by atoms with Crippen molar-refractivity contribution in [1.82, 2.24) is 0 Å². The first kappa shape index (κ1) is 16.3. The van der Waals surface area contributed by atoms with Gasteiger partial charge in [-0.25, -0.2) is 0 Å². The van der Waals surface area contributed by atoms with Gasteiger partial charge in [0.2, 0.25) is 0 Å². The first-order valence-corrected chi connectivity index (χ1v) is 10.4. The van der Waals surface area contributed by atoms with E-state index < -0.39 is 5.41 Å². The third kappa shape index (κ3) is 2.05. The Morgan fingerprint density at radius 1 is 0.607 bits per heavy atom. The van der Waals surface area contributed by atoms with E-state index in [2.05, 4.69) is 72.8 Å². The van der Waals surface area contributed by atoms with E-state index in [9.17, 15) is 0 Å². The maximum Gasteiger partial charge on any atom is 0.132 e. The van der Waals surface area contributed by atoms with Gasteiger partial charge in [-0.05, 0) is 47.5 Å². The molecule has 2 aliphatic rings. The van der Waals surface area contributed by atoms with E-state index >= 15 is 0 Å². The lowest BCUT2D eigenvalue weighted by molar-refractivity contribution is 0.431. The van der Waals surface area contributed by atoms with Crippen molar-refractivity contribution in [3.8, 4) is 11.5 Å². The third-order valence-corrected chi connectivity index (χ3v) is 7.05. The van der Waals surface area contributed by atoms with Crippen molar-refractivity contribution in [2.45, 2.75) is 15.2 Å². The summed E-state index contributed by atoms with van der Waals surface area (Å²) in [5.41, 5.74) is 4.35. The van der Waals surface area contributed by atoms with Crippen LogP contribution in [0.5, 0.6) is 11.5 Å². The van der Waals surface area contributed by atoms with Crippen LogP contribution < -0.4 is 4.74 Å². The van der Waals surface area contributed by atoms with Gasteiger partial charge in [0.25, 0.3) is 0 Å². The Hall–Kier alpha value is -2.68. The van der Waals surface area contributed by atoms with Crippen LogP contribution in [0.4, 0.5) is 0 Å². The van der Waals surface area contributed by atoms with Gasteiger partial charge in [0.05, 0.1) is 5.41 Å². The second-order valence-corrected chi connectivity index (χ2v) is 8.60. The maximum atomic E-state index is 6.50. The van der Waals surface area contributed by atoms with Crippen molar-refractivity contribution in [2.75, 3.05) is 0 Å². The molecular weight excluding hydrogens is 384 g/mol. The fourth-order valence-electron chi connectivity index (χ4n) is 4.59. The molecule has 1 nitrogen and oxygen atoms in total. The zero-order valence-electron chi connectivity index (χ0n) is 14.9. The highest BCUT2D eigenvalue weighted by molar-refractivity contribution is 7.99. The minimum Gasteiger partial charge on any atom is -0.457 e. The van der Waals surface area contributed by atoms with E-state index in [-0.39, 0.29) is 0 Å². The maximum absolute atomic E-state index is 6.50. The Morgan fingerprint density at radius 3 is 1.89 bits per heavy atom. The second-order valence-electron chi connectivity index (χ2n) is 7.08. The molecule has 0 N–H and O–H groups in total. The minimum absolute atomic E-state index is 0.451. The van der Waals surface area contributed by atoms with Crippen molar-refractivity contribution in [3.63, 3.8) is 0 Å². The predicted octanol–water partition coefficient (Wildman–Crippen LogP) is 7.29. The molecule has 6 rings (SSSR count). The van der Waals surface area contributed by atoms with Crippen LogP contribution in [0.1, 0.15) is 22.3 Å². The number of ether oxygens (including phenoxy) is 1. The molecule has 0 fully saturated rings. The molecular formula is C25H15ClOS. The van der Waals surface area contributed by atoms with Crippen LogP contribution in [0.3, 0.4) is 0 Å². The fourth-order valence-corrected chi connectivity index (χ4v) is 5.95. The molecule has 2 heterocycles. The van der Waals surface area contributed by atoms with E-state index in [0.717, 1.165) is 22.6 Å². The molecule has 134 valence electrons. The number of fused-ring (bicyclic) bond motifs is 8. The zero-order valence-corrected chi connectivity index (χ0v) is 16.4. The van der Waals surface area contributed by atoms with E-state index in [4.69, 9.17) is 16.3 Å². The third-order valence-electron chi connectivity index (χ3n) is 5.66. The molecule has 4 aromatic rings. The summed E-state index contributed by atoms with van der Waals surface area (Å²) in [5.74, 6) is 1.76. The molecule has 0 bridgehead atoms. The molecule has 0 saturated carbocycles. The lowest BCUT2D eigenvalue weighted by Gasteiger charge is -2.45. The van der Waals surface area contributed by atoms with Crippen molar-refractivity contribution in [3.05, 3.63) is 118 Å². The molecule has 0 aliphatic carbocycles. The van der Waals surface area contributed by atoms with Crippen molar-refractivity contribution in [1.29, 1.82) is 0 Å². The van der Waals surface area contributed by atoms with Crippen molar-refractivity contribution >= 4 is 23.4 Å². The molecule has 0 unspecified atom stereocenters. The van der Waals surface area contributed by atoms with Crippen LogP contribution in [-0.4, -0.2) is 0 Å². The molecule has 0 aromatic heterocycles. The lowest BCUT2D eigenvalue weighted by atomic mass is 9.63. The monoisotopic (exact) mass is 398 g/mol. The lowest BCUT2D eigenvalue weighted by Crippen LogP contribution is -2.36. The molecule has 3 heteroatoms. The number of para-hydroxylation sites is 1. The topological polar surface area (TPSA) is 9.23 Å². The molecule has 0 saturated heterocycles. The Labute approximate surface area is 172 Å². The van der Waals surface area contributed by atoms with Crippen LogP contribution in [0.2, 0.25) is 5.02 Å². The second kappa shape index (κ2) is 5.91. The van der Waals surface area contributed by atoms with Crippen molar-refractivity contribution < 1.29 is 4.74 Å². The molecule has 0 atom stereocenters. The number of benzene rings is 4. The molecule has 28 heavy (non-hydrogen) atoms. The highest BCUT2D eigenvalue weighted by Crippen LogP contribution is 2.61. The molecule has 0 amide bonds. The Kier molecular flexibility index (Phi) is 3.44. The summed E-state index contributed by atoms with van der Waals surface area (Å²) in [6.07, 6.45) is 0. The van der Waals surface area contributed by atoms with E-state index in [0.29, 0.717) is 5.02 Å². The van der Waals surface area contributed by atoms with Gasteiger partial charge in [-0.15, -0.1) is 0 Å². The number of hydrogen-bond donors (Lipinski definition) is 0. The Bertz CT molecular complexity index is 1140. The van der Waals surface area contributed by atoms with Gasteiger partial charge in [0, 0.05) is 25.9 Å². The Balaban J connectivity index is 1.85. The largest absolute Gasteiger partial charge is 0.457 e. The summed E-state index contributed by atoms with van der Waals surface area (Å²) in [6, 6.07) is 31.7. The van der Waals surface area contributed by atoms with Gasteiger partial charge >= 0.3 is 0 Å². The van der Waals surface area contributed by atoms with Crippen LogP contribution in [-0.2, 0) is 5.41 Å². The first-order valence-electron chi connectivity index (χ1n) is 9.23. The van der Waals surface area contributed by atoms with Crippen LogP contribution in [0.15, 0.2) is 101 Å². The predicted molar refractivity (Wildman–Crippen MR) is 114 cm³/mol. The van der Waals surface area contributed by atoms with E-state index in [1.165, 1.54) is 20.9 Å². The summed E-state index contributed by atoms with van der Waals surface area (Å²) in [5, 5.41) is 0.717. The number of rotatable bonds is 0. The fraction of sp³-hybridized carbons (Fsp3) is 0.0400. The summed E-state index contributed by atoms with van der Waals surface area (Å²) in [6.45, 7) is 0. The molecule has 4 aromatic carbocycles. The van der Waals surface area contributed by atoms with Gasteiger partial charge in [0.15, 0.2) is 0 Å². The average molecular weight is 399 g/mol. The Morgan fingerprint density at radius 2 is 1.18 bits per heavy atom. The summed E-state index contributed by atoms with van der Waals surface area (Å²) < 4.78 is 6.32. The normalized spacial score (nSPS) is 15.0.